The highest BCUT2D eigenvalue weighted by atomic mass is 32.2. The van der Waals surface area contributed by atoms with Crippen molar-refractivity contribution < 1.29 is 47.8 Å². The molecule has 3 heterocycles. The molecule has 5 aromatic rings. The quantitative estimate of drug-likeness (QED) is 0.0485. The van der Waals surface area contributed by atoms with Crippen molar-refractivity contribution in [2.45, 2.75) is 55.9 Å². The van der Waals surface area contributed by atoms with Crippen LogP contribution in [0.1, 0.15) is 81.4 Å². The van der Waals surface area contributed by atoms with Crippen LogP contribution in [0, 0.1) is 0 Å². The molecule has 324 valence electrons. The van der Waals surface area contributed by atoms with Gasteiger partial charge in [-0.1, -0.05) is 133 Å². The number of imide groups is 1. The molecule has 13 nitrogen and oxygen atoms in total. The summed E-state index contributed by atoms with van der Waals surface area (Å²) in [4.78, 5) is 97.5. The lowest BCUT2D eigenvalue weighted by Crippen LogP contribution is -2.70. The molecule has 1 saturated heterocycles. The Morgan fingerprint density at radius 2 is 1.14 bits per heavy atom. The zero-order valence-corrected chi connectivity index (χ0v) is 35.5. The molecule has 1 unspecified atom stereocenters. The van der Waals surface area contributed by atoms with Crippen LogP contribution >= 0.6 is 11.8 Å². The second-order valence-electron chi connectivity index (χ2n) is 15.4. The molecule has 0 bridgehead atoms. The third kappa shape index (κ3) is 9.09. The van der Waals surface area contributed by atoms with E-state index in [4.69, 9.17) is 14.2 Å². The van der Waals surface area contributed by atoms with Crippen molar-refractivity contribution in [3.8, 4) is 0 Å². The van der Waals surface area contributed by atoms with Crippen molar-refractivity contribution in [3.63, 3.8) is 0 Å². The fourth-order valence-electron chi connectivity index (χ4n) is 8.04. The average Bonchev–Trinajstić information content (AvgIpc) is 3.58. The minimum absolute atomic E-state index is 0.0349. The van der Waals surface area contributed by atoms with Crippen LogP contribution in [-0.2, 0) is 38.2 Å². The summed E-state index contributed by atoms with van der Waals surface area (Å²) in [6.45, 7) is 1.01. The molecule has 3 atom stereocenters. The summed E-state index contributed by atoms with van der Waals surface area (Å²) in [5.41, 5.74) is 3.42. The molecule has 1 N–H and O–H groups in total. The Labute approximate surface area is 373 Å². The number of nitrogens with one attached hydrogen (secondary N) is 1. The molecule has 8 rings (SSSR count). The van der Waals surface area contributed by atoms with Crippen molar-refractivity contribution in [2.75, 3.05) is 12.4 Å². The lowest BCUT2D eigenvalue weighted by Gasteiger charge is -2.49. The van der Waals surface area contributed by atoms with E-state index in [2.05, 4.69) is 5.32 Å². The van der Waals surface area contributed by atoms with Crippen molar-refractivity contribution in [1.29, 1.82) is 0 Å². The van der Waals surface area contributed by atoms with Gasteiger partial charge in [-0.3, -0.25) is 33.8 Å². The first kappa shape index (κ1) is 43.3. The van der Waals surface area contributed by atoms with E-state index in [-0.39, 0.29) is 48.4 Å². The Hall–Kier alpha value is -7.32. The highest BCUT2D eigenvalue weighted by Gasteiger charge is 2.55. The van der Waals surface area contributed by atoms with Crippen molar-refractivity contribution in [3.05, 3.63) is 190 Å². The van der Waals surface area contributed by atoms with E-state index in [0.29, 0.717) is 27.8 Å². The van der Waals surface area contributed by atoms with E-state index in [0.717, 1.165) is 4.90 Å². The van der Waals surface area contributed by atoms with Crippen LogP contribution in [0.3, 0.4) is 0 Å². The van der Waals surface area contributed by atoms with E-state index in [9.17, 15) is 33.6 Å². The minimum Gasteiger partial charge on any atom is -0.461 e. The fraction of sp³-hybridized carbons (Fsp3) is 0.220. The number of ether oxygens (including phenoxy) is 3. The van der Waals surface area contributed by atoms with Crippen molar-refractivity contribution in [2.24, 2.45) is 0 Å². The van der Waals surface area contributed by atoms with Crippen LogP contribution in [0.25, 0.3) is 0 Å². The van der Waals surface area contributed by atoms with Crippen LogP contribution in [0.5, 0.6) is 0 Å². The summed E-state index contributed by atoms with van der Waals surface area (Å²) >= 11 is 1.30. The van der Waals surface area contributed by atoms with Crippen LogP contribution in [-0.4, -0.2) is 81.2 Å². The second kappa shape index (κ2) is 19.4. The standard InChI is InChI=1S/C50H43N3O10S/c1-31(54)61-29-36-30-64-48-41(47(58)53(48)42(36)50(60)63-44(34-21-10-4-11-22-34)35-23-12-5-13-24-35)51-40(55)28-16-27-39(52-45(56)37-25-14-15-26-38(37)46(52)57)49(59)62-43(32-17-6-2-7-18-32)33-19-8-3-9-20-33/h2-15,17-26,39,41,43-44,48H,16,27-30H2,1H3,(H,51,55)/t39?,41-,48-/m1/s1. The van der Waals surface area contributed by atoms with Gasteiger partial charge in [-0.25, -0.2) is 9.59 Å². The molecular weight excluding hydrogens is 835 g/mol. The molecule has 1 fully saturated rings. The molecule has 3 aliphatic heterocycles. The normalized spacial score (nSPS) is 17.1. The maximum absolute atomic E-state index is 14.3. The maximum atomic E-state index is 14.3. The lowest BCUT2D eigenvalue weighted by atomic mass is 10.0. The maximum Gasteiger partial charge on any atom is 0.356 e. The van der Waals surface area contributed by atoms with Gasteiger partial charge in [0.15, 0.2) is 12.2 Å². The molecule has 64 heavy (non-hydrogen) atoms. The Kier molecular flexibility index (Phi) is 13.1. The minimum atomic E-state index is -1.38. The molecule has 3 aliphatic rings. The molecule has 0 aromatic heterocycles. The highest BCUT2D eigenvalue weighted by molar-refractivity contribution is 8.00. The first-order chi connectivity index (χ1) is 31.1. The number of hydrogen-bond donors (Lipinski definition) is 1. The van der Waals surface area contributed by atoms with E-state index < -0.39 is 71.2 Å². The molecule has 5 aromatic carbocycles. The van der Waals surface area contributed by atoms with E-state index in [1.54, 1.807) is 12.1 Å². The Balaban J connectivity index is 0.974. The van der Waals surface area contributed by atoms with E-state index >= 15 is 0 Å². The number of esters is 3. The number of rotatable bonds is 16. The predicted octanol–water partition coefficient (Wildman–Crippen LogP) is 6.70. The first-order valence-electron chi connectivity index (χ1n) is 20.8. The van der Waals surface area contributed by atoms with Crippen LogP contribution in [0.4, 0.5) is 0 Å². The summed E-state index contributed by atoms with van der Waals surface area (Å²) < 4.78 is 17.6. The zero-order valence-electron chi connectivity index (χ0n) is 34.7. The number of carbonyl (C=O) groups excluding carboxylic acids is 7. The largest absolute Gasteiger partial charge is 0.461 e. The molecule has 0 radical (unpaired) electrons. The lowest BCUT2D eigenvalue weighted by molar-refractivity contribution is -0.155. The highest BCUT2D eigenvalue weighted by Crippen LogP contribution is 2.42. The average molecular weight is 878 g/mol. The van der Waals surface area contributed by atoms with Crippen molar-refractivity contribution >= 4 is 53.3 Å². The Morgan fingerprint density at radius 3 is 1.62 bits per heavy atom. The first-order valence-corrected chi connectivity index (χ1v) is 21.8. The summed E-state index contributed by atoms with van der Waals surface area (Å²) in [5.74, 6) is -4.36. The fourth-order valence-corrected chi connectivity index (χ4v) is 9.37. The second-order valence-corrected chi connectivity index (χ2v) is 16.5. The van der Waals surface area contributed by atoms with Gasteiger partial charge in [-0.05, 0) is 47.2 Å². The third-order valence-electron chi connectivity index (χ3n) is 11.2. The van der Waals surface area contributed by atoms with Gasteiger partial charge in [0.25, 0.3) is 17.7 Å². The summed E-state index contributed by atoms with van der Waals surface area (Å²) in [7, 11) is 0. The number of benzene rings is 5. The summed E-state index contributed by atoms with van der Waals surface area (Å²) in [6.07, 6.45) is -1.93. The van der Waals surface area contributed by atoms with Gasteiger partial charge < -0.3 is 19.5 Å². The Morgan fingerprint density at radius 1 is 0.672 bits per heavy atom. The van der Waals surface area contributed by atoms with Gasteiger partial charge >= 0.3 is 17.9 Å². The number of amides is 4. The third-order valence-corrected chi connectivity index (χ3v) is 12.5. The molecular formula is C50H43N3O10S. The predicted molar refractivity (Wildman–Crippen MR) is 235 cm³/mol. The van der Waals surface area contributed by atoms with Gasteiger partial charge in [0.05, 0.1) is 11.1 Å². The van der Waals surface area contributed by atoms with Crippen LogP contribution in [0.2, 0.25) is 0 Å². The number of nitrogens with zero attached hydrogens (tertiary/aromatic N) is 2. The number of fused-ring (bicyclic) bond motifs is 2. The van der Waals surface area contributed by atoms with Gasteiger partial charge in [-0.2, -0.15) is 0 Å². The van der Waals surface area contributed by atoms with E-state index in [1.165, 1.54) is 35.7 Å². The van der Waals surface area contributed by atoms with Crippen LogP contribution < -0.4 is 5.32 Å². The topological polar surface area (TPSA) is 166 Å². The number of carbonyl (C=O) groups is 7. The van der Waals surface area contributed by atoms with Gasteiger partial charge in [0, 0.05) is 24.7 Å². The summed E-state index contributed by atoms with van der Waals surface area (Å²) in [6, 6.07) is 40.4. The molecule has 14 heteroatoms. The van der Waals surface area contributed by atoms with E-state index in [1.807, 2.05) is 121 Å². The number of hydrogen-bond acceptors (Lipinski definition) is 11. The van der Waals surface area contributed by atoms with Gasteiger partial charge in [0.2, 0.25) is 5.91 Å². The number of β-lactam (4-membered cyclic amide) rings is 1. The van der Waals surface area contributed by atoms with Crippen molar-refractivity contribution in [1.82, 2.24) is 15.1 Å². The van der Waals surface area contributed by atoms with Gasteiger partial charge in [0.1, 0.15) is 29.8 Å². The number of thioether (sulfide) groups is 1. The van der Waals surface area contributed by atoms with Gasteiger partial charge in [-0.15, -0.1) is 11.8 Å². The SMILES string of the molecule is CC(=O)OCC1=C(C(=O)OC(c2ccccc2)c2ccccc2)N2C(=O)[C@@H](NC(=O)CCCC(C(=O)OC(c3ccccc3)c3ccccc3)N3C(=O)c4ccccc4C3=O)[C@H]2SC1. The smallest absolute Gasteiger partial charge is 0.356 e. The molecule has 0 spiro atoms. The summed E-state index contributed by atoms with van der Waals surface area (Å²) in [5, 5.41) is 2.11. The molecule has 0 aliphatic carbocycles. The molecule has 4 amide bonds. The molecule has 0 saturated carbocycles. The van der Waals surface area contributed by atoms with Crippen LogP contribution in [0.15, 0.2) is 157 Å². The Bertz CT molecular complexity index is 2490. The monoisotopic (exact) mass is 877 g/mol. The zero-order chi connectivity index (χ0) is 44.7.